The van der Waals surface area contributed by atoms with Gasteiger partial charge in [0.25, 0.3) is 5.91 Å². The van der Waals surface area contributed by atoms with Crippen molar-refractivity contribution in [2.75, 3.05) is 23.3 Å². The van der Waals surface area contributed by atoms with E-state index in [9.17, 15) is 14.7 Å². The number of carbonyl (C=O) groups excluding carboxylic acids is 1. The lowest BCUT2D eigenvalue weighted by Crippen LogP contribution is -2.36. The fourth-order valence-electron chi connectivity index (χ4n) is 3.16. The van der Waals surface area contributed by atoms with Crippen molar-refractivity contribution in [2.24, 2.45) is 5.92 Å². The normalized spacial score (nSPS) is 17.0. The highest BCUT2D eigenvalue weighted by atomic mass is 35.5. The minimum Gasteiger partial charge on any atom is -0.478 e. The highest BCUT2D eigenvalue weighted by molar-refractivity contribution is 6.34. The Kier molecular flexibility index (Phi) is 5.42. The third-order valence-electron chi connectivity index (χ3n) is 4.43. The first-order valence-electron chi connectivity index (χ1n) is 8.50. The first kappa shape index (κ1) is 18.2. The van der Waals surface area contributed by atoms with E-state index in [0.29, 0.717) is 28.0 Å². The average molecular weight is 374 g/mol. The number of nitrogens with zero attached hydrogens (tertiary/aromatic N) is 2. The van der Waals surface area contributed by atoms with Gasteiger partial charge in [-0.3, -0.25) is 4.79 Å². The number of hydrogen-bond donors (Lipinski definition) is 2. The zero-order chi connectivity index (χ0) is 18.7. The van der Waals surface area contributed by atoms with Crippen molar-refractivity contribution in [2.45, 2.75) is 19.8 Å². The first-order chi connectivity index (χ1) is 12.5. The van der Waals surface area contributed by atoms with E-state index < -0.39 is 11.9 Å². The number of piperidine rings is 1. The molecule has 2 aromatic rings. The monoisotopic (exact) mass is 373 g/mol. The van der Waals surface area contributed by atoms with Gasteiger partial charge in [0.1, 0.15) is 11.4 Å². The zero-order valence-electron chi connectivity index (χ0n) is 14.4. The Morgan fingerprint density at radius 3 is 2.77 bits per heavy atom. The van der Waals surface area contributed by atoms with Crippen LogP contribution in [-0.2, 0) is 0 Å². The molecule has 3 rings (SSSR count). The molecule has 1 amide bonds. The molecule has 0 aliphatic carbocycles. The lowest BCUT2D eigenvalue weighted by Gasteiger charge is -2.32. The number of pyridine rings is 1. The third kappa shape index (κ3) is 3.96. The lowest BCUT2D eigenvalue weighted by molar-refractivity contribution is 0.0696. The summed E-state index contributed by atoms with van der Waals surface area (Å²) in [5.41, 5.74) is 0.720. The van der Waals surface area contributed by atoms with Gasteiger partial charge in [-0.2, -0.15) is 0 Å². The van der Waals surface area contributed by atoms with Crippen molar-refractivity contribution in [3.63, 3.8) is 0 Å². The van der Waals surface area contributed by atoms with E-state index in [-0.39, 0.29) is 5.56 Å². The molecular weight excluding hydrogens is 354 g/mol. The van der Waals surface area contributed by atoms with Gasteiger partial charge < -0.3 is 15.3 Å². The minimum absolute atomic E-state index is 0.0797. The Morgan fingerprint density at radius 1 is 1.31 bits per heavy atom. The molecule has 2 heterocycles. The summed E-state index contributed by atoms with van der Waals surface area (Å²) in [6, 6.07) is 8.11. The summed E-state index contributed by atoms with van der Waals surface area (Å²) < 4.78 is 0. The number of aromatic carboxylic acids is 1. The second-order valence-corrected chi connectivity index (χ2v) is 6.93. The van der Waals surface area contributed by atoms with Crippen LogP contribution < -0.4 is 10.2 Å². The Morgan fingerprint density at radius 2 is 2.08 bits per heavy atom. The van der Waals surface area contributed by atoms with E-state index >= 15 is 0 Å². The lowest BCUT2D eigenvalue weighted by atomic mass is 10.00. The van der Waals surface area contributed by atoms with Gasteiger partial charge in [-0.05, 0) is 37.0 Å². The molecule has 1 unspecified atom stereocenters. The Balaban J connectivity index is 1.86. The summed E-state index contributed by atoms with van der Waals surface area (Å²) in [7, 11) is 0. The number of carbonyl (C=O) groups is 2. The summed E-state index contributed by atoms with van der Waals surface area (Å²) in [6.07, 6.45) is 3.62. The number of halogens is 1. The van der Waals surface area contributed by atoms with Gasteiger partial charge in [-0.25, -0.2) is 9.78 Å². The molecule has 1 aliphatic heterocycles. The third-order valence-corrected chi connectivity index (χ3v) is 4.76. The molecule has 1 aliphatic rings. The number of hydrogen-bond acceptors (Lipinski definition) is 4. The number of nitrogens with one attached hydrogen (secondary N) is 1. The van der Waals surface area contributed by atoms with Gasteiger partial charge in [-0.1, -0.05) is 30.7 Å². The predicted molar refractivity (Wildman–Crippen MR) is 101 cm³/mol. The van der Waals surface area contributed by atoms with E-state index in [2.05, 4.69) is 17.2 Å². The van der Waals surface area contributed by atoms with E-state index in [1.54, 1.807) is 24.3 Å². The smallest absolute Gasteiger partial charge is 0.339 e. The van der Waals surface area contributed by atoms with Crippen LogP contribution in [-0.4, -0.2) is 35.1 Å². The molecular formula is C19H20ClN3O3. The first-order valence-corrected chi connectivity index (χ1v) is 8.87. The number of anilines is 2. The van der Waals surface area contributed by atoms with E-state index in [1.807, 2.05) is 4.90 Å². The van der Waals surface area contributed by atoms with E-state index in [0.717, 1.165) is 25.9 Å². The molecule has 136 valence electrons. The maximum atomic E-state index is 12.4. The number of carboxylic acid groups (broad SMARTS) is 1. The standard InChI is InChI=1S/C19H20ClN3O3/c1-12-5-4-8-23(11-12)17-15(19(25)26)9-13(10-21-17)22-18(24)14-6-2-3-7-16(14)20/h2-3,6-7,9-10,12H,4-5,8,11H2,1H3,(H,22,24)(H,25,26). The average Bonchev–Trinajstić information content (AvgIpc) is 2.62. The topological polar surface area (TPSA) is 82.5 Å². The fraction of sp³-hybridized carbons (Fsp3) is 0.316. The van der Waals surface area contributed by atoms with Crippen LogP contribution in [0.25, 0.3) is 0 Å². The molecule has 0 bridgehead atoms. The van der Waals surface area contributed by atoms with Crippen LogP contribution in [0.5, 0.6) is 0 Å². The van der Waals surface area contributed by atoms with Crippen LogP contribution in [0.15, 0.2) is 36.5 Å². The summed E-state index contributed by atoms with van der Waals surface area (Å²) >= 11 is 6.03. The van der Waals surface area contributed by atoms with Gasteiger partial charge in [0.2, 0.25) is 0 Å². The summed E-state index contributed by atoms with van der Waals surface area (Å²) in [6.45, 7) is 3.70. The van der Waals surface area contributed by atoms with Gasteiger partial charge in [-0.15, -0.1) is 0 Å². The van der Waals surface area contributed by atoms with Crippen LogP contribution >= 0.6 is 11.6 Å². The van der Waals surface area contributed by atoms with Crippen molar-refractivity contribution in [1.29, 1.82) is 0 Å². The second-order valence-electron chi connectivity index (χ2n) is 6.53. The maximum absolute atomic E-state index is 12.4. The molecule has 6 nitrogen and oxygen atoms in total. The van der Waals surface area contributed by atoms with Gasteiger partial charge in [0, 0.05) is 13.1 Å². The number of carboxylic acids is 1. The molecule has 1 atom stereocenters. The molecule has 0 spiro atoms. The largest absolute Gasteiger partial charge is 0.478 e. The van der Waals surface area contributed by atoms with Crippen LogP contribution in [0.1, 0.15) is 40.5 Å². The zero-order valence-corrected chi connectivity index (χ0v) is 15.2. The van der Waals surface area contributed by atoms with Crippen molar-refractivity contribution >= 4 is 35.0 Å². The summed E-state index contributed by atoms with van der Waals surface area (Å²) in [5, 5.41) is 12.6. The molecule has 1 saturated heterocycles. The van der Waals surface area contributed by atoms with E-state index in [1.165, 1.54) is 12.3 Å². The molecule has 7 heteroatoms. The number of benzene rings is 1. The van der Waals surface area contributed by atoms with Crippen LogP contribution in [0.3, 0.4) is 0 Å². The highest BCUT2D eigenvalue weighted by Gasteiger charge is 2.23. The summed E-state index contributed by atoms with van der Waals surface area (Å²) in [5.74, 6) is -0.542. The van der Waals surface area contributed by atoms with Gasteiger partial charge in [0.15, 0.2) is 0 Å². The Labute approximate surface area is 156 Å². The van der Waals surface area contributed by atoms with Gasteiger partial charge >= 0.3 is 5.97 Å². The van der Waals surface area contributed by atoms with Crippen LogP contribution in [0, 0.1) is 5.92 Å². The molecule has 1 aromatic carbocycles. The molecule has 1 aromatic heterocycles. The van der Waals surface area contributed by atoms with E-state index in [4.69, 9.17) is 11.6 Å². The van der Waals surface area contributed by atoms with Crippen molar-refractivity contribution in [3.8, 4) is 0 Å². The maximum Gasteiger partial charge on any atom is 0.339 e. The second kappa shape index (κ2) is 7.74. The Bertz CT molecular complexity index is 841. The molecule has 26 heavy (non-hydrogen) atoms. The number of aromatic nitrogens is 1. The van der Waals surface area contributed by atoms with Crippen molar-refractivity contribution in [3.05, 3.63) is 52.7 Å². The molecule has 0 saturated carbocycles. The SMILES string of the molecule is CC1CCCN(c2ncc(NC(=O)c3ccccc3Cl)cc2C(=O)O)C1. The van der Waals surface area contributed by atoms with Gasteiger partial charge in [0.05, 0.1) is 22.5 Å². The summed E-state index contributed by atoms with van der Waals surface area (Å²) in [4.78, 5) is 30.4. The number of rotatable bonds is 4. The fourth-order valence-corrected chi connectivity index (χ4v) is 3.38. The molecule has 2 N–H and O–H groups in total. The Hall–Kier alpha value is -2.60. The van der Waals surface area contributed by atoms with Crippen molar-refractivity contribution in [1.82, 2.24) is 4.98 Å². The minimum atomic E-state index is -1.07. The van der Waals surface area contributed by atoms with Crippen LogP contribution in [0.2, 0.25) is 5.02 Å². The predicted octanol–water partition coefficient (Wildman–Crippen LogP) is 3.92. The molecule has 0 radical (unpaired) electrons. The number of amides is 1. The van der Waals surface area contributed by atoms with Crippen LogP contribution in [0.4, 0.5) is 11.5 Å². The molecule has 1 fully saturated rings. The highest BCUT2D eigenvalue weighted by Crippen LogP contribution is 2.27. The van der Waals surface area contributed by atoms with Crippen molar-refractivity contribution < 1.29 is 14.7 Å². The quantitative estimate of drug-likeness (QED) is 0.848.